The van der Waals surface area contributed by atoms with E-state index < -0.39 is 5.60 Å². The van der Waals surface area contributed by atoms with Gasteiger partial charge in [0.25, 0.3) is 0 Å². The largest absolute Gasteiger partial charge is 0.454 e. The highest BCUT2D eigenvalue weighted by atomic mass is 16.6. The molecule has 3 aromatic carbocycles. The van der Waals surface area contributed by atoms with Gasteiger partial charge in [-0.1, -0.05) is 42.8 Å². The van der Waals surface area contributed by atoms with E-state index >= 15 is 0 Å². The van der Waals surface area contributed by atoms with Crippen molar-refractivity contribution in [2.45, 2.75) is 51.6 Å². The molecular formula is C23H24O2. The third kappa shape index (κ3) is 2.80. The Morgan fingerprint density at radius 1 is 0.920 bits per heavy atom. The molecule has 0 radical (unpaired) electrons. The fourth-order valence-electron chi connectivity index (χ4n) is 4.41. The van der Waals surface area contributed by atoms with E-state index in [1.165, 1.54) is 40.5 Å². The van der Waals surface area contributed by atoms with Crippen molar-refractivity contribution < 1.29 is 9.53 Å². The highest BCUT2D eigenvalue weighted by molar-refractivity contribution is 6.02. The van der Waals surface area contributed by atoms with Gasteiger partial charge in [0.1, 0.15) is 5.60 Å². The average Bonchev–Trinajstić information content (AvgIpc) is 2.62. The van der Waals surface area contributed by atoms with Crippen molar-refractivity contribution in [2.75, 3.05) is 0 Å². The molecule has 0 aliphatic heterocycles. The molecule has 128 valence electrons. The predicted octanol–water partition coefficient (Wildman–Crippen LogP) is 6.02. The van der Waals surface area contributed by atoms with Crippen LogP contribution < -0.4 is 0 Å². The maximum atomic E-state index is 11.8. The van der Waals surface area contributed by atoms with Crippen molar-refractivity contribution in [1.29, 1.82) is 0 Å². The summed E-state index contributed by atoms with van der Waals surface area (Å²) in [4.78, 5) is 11.8. The minimum atomic E-state index is -0.448. The second kappa shape index (κ2) is 6.18. The number of carbonyl (C=O) groups excluding carboxylic acids is 1. The Morgan fingerprint density at radius 2 is 1.64 bits per heavy atom. The molecule has 1 aliphatic carbocycles. The third-order valence-electron chi connectivity index (χ3n) is 5.66. The lowest BCUT2D eigenvalue weighted by Crippen LogP contribution is -2.34. The summed E-state index contributed by atoms with van der Waals surface area (Å²) in [5, 5.41) is 5.06. The Morgan fingerprint density at radius 3 is 2.40 bits per heavy atom. The highest BCUT2D eigenvalue weighted by Gasteiger charge is 2.37. The van der Waals surface area contributed by atoms with Crippen molar-refractivity contribution >= 4 is 27.5 Å². The van der Waals surface area contributed by atoms with Crippen LogP contribution in [0.25, 0.3) is 21.5 Å². The molecule has 2 nitrogen and oxygen atoms in total. The lowest BCUT2D eigenvalue weighted by molar-refractivity contribution is -0.162. The van der Waals surface area contributed by atoms with Gasteiger partial charge in [-0.2, -0.15) is 0 Å². The first-order valence-corrected chi connectivity index (χ1v) is 9.21. The van der Waals surface area contributed by atoms with Gasteiger partial charge in [-0.25, -0.2) is 0 Å². The quantitative estimate of drug-likeness (QED) is 0.423. The summed E-state index contributed by atoms with van der Waals surface area (Å²) < 4.78 is 5.90. The molecule has 0 atom stereocenters. The summed E-state index contributed by atoms with van der Waals surface area (Å²) in [6, 6.07) is 17.4. The molecule has 1 saturated carbocycles. The van der Waals surface area contributed by atoms with E-state index in [9.17, 15) is 4.79 Å². The summed E-state index contributed by atoms with van der Waals surface area (Å²) >= 11 is 0. The van der Waals surface area contributed by atoms with Gasteiger partial charge in [0.15, 0.2) is 0 Å². The van der Waals surface area contributed by atoms with Crippen LogP contribution in [0.4, 0.5) is 0 Å². The van der Waals surface area contributed by atoms with Gasteiger partial charge in [0.05, 0.1) is 0 Å². The highest BCUT2D eigenvalue weighted by Crippen LogP contribution is 2.42. The van der Waals surface area contributed by atoms with Crippen LogP contribution in [-0.4, -0.2) is 5.97 Å². The Balaban J connectivity index is 1.91. The van der Waals surface area contributed by atoms with Gasteiger partial charge in [-0.3, -0.25) is 4.79 Å². The number of aryl methyl sites for hydroxylation is 1. The summed E-state index contributed by atoms with van der Waals surface area (Å²) in [5.74, 6) is -0.183. The van der Waals surface area contributed by atoms with E-state index in [4.69, 9.17) is 4.74 Å². The average molecular weight is 332 g/mol. The van der Waals surface area contributed by atoms with Gasteiger partial charge in [0, 0.05) is 6.92 Å². The molecule has 0 amide bonds. The van der Waals surface area contributed by atoms with Crippen LogP contribution in [0.15, 0.2) is 48.5 Å². The molecule has 4 rings (SSSR count). The second-order valence-corrected chi connectivity index (χ2v) is 7.31. The van der Waals surface area contributed by atoms with Crippen LogP contribution >= 0.6 is 0 Å². The van der Waals surface area contributed by atoms with Crippen molar-refractivity contribution in [3.63, 3.8) is 0 Å². The second-order valence-electron chi connectivity index (χ2n) is 7.31. The van der Waals surface area contributed by atoms with E-state index in [1.54, 1.807) is 0 Å². The summed E-state index contributed by atoms with van der Waals surface area (Å²) in [7, 11) is 0. The van der Waals surface area contributed by atoms with Crippen molar-refractivity contribution in [2.24, 2.45) is 0 Å². The molecule has 1 aliphatic rings. The lowest BCUT2D eigenvalue weighted by Gasteiger charge is -2.37. The molecule has 0 unspecified atom stereocenters. The van der Waals surface area contributed by atoms with Crippen LogP contribution in [0.2, 0.25) is 0 Å². The van der Waals surface area contributed by atoms with Crippen LogP contribution in [0.1, 0.15) is 50.2 Å². The molecule has 0 N–H and O–H groups in total. The van der Waals surface area contributed by atoms with Crippen LogP contribution in [0.5, 0.6) is 0 Å². The minimum Gasteiger partial charge on any atom is -0.454 e. The number of benzene rings is 3. The van der Waals surface area contributed by atoms with Crippen molar-refractivity contribution in [3.8, 4) is 0 Å². The fraction of sp³-hybridized carbons (Fsp3) is 0.348. The van der Waals surface area contributed by atoms with Crippen LogP contribution in [0, 0.1) is 6.92 Å². The molecule has 2 heteroatoms. The fourth-order valence-corrected chi connectivity index (χ4v) is 4.41. The first-order valence-electron chi connectivity index (χ1n) is 9.21. The third-order valence-corrected chi connectivity index (χ3v) is 5.66. The van der Waals surface area contributed by atoms with Gasteiger partial charge in [-0.15, -0.1) is 0 Å². The van der Waals surface area contributed by atoms with Crippen LogP contribution in [0.3, 0.4) is 0 Å². The maximum Gasteiger partial charge on any atom is 0.303 e. The molecule has 0 saturated heterocycles. The van der Waals surface area contributed by atoms with Gasteiger partial charge < -0.3 is 4.74 Å². The zero-order valence-corrected chi connectivity index (χ0v) is 15.0. The summed E-state index contributed by atoms with van der Waals surface area (Å²) in [6.45, 7) is 3.71. The number of hydrogen-bond donors (Lipinski definition) is 0. The predicted molar refractivity (Wildman–Crippen MR) is 103 cm³/mol. The van der Waals surface area contributed by atoms with E-state index in [0.29, 0.717) is 0 Å². The normalized spacial score (nSPS) is 16.9. The molecule has 25 heavy (non-hydrogen) atoms. The van der Waals surface area contributed by atoms with Gasteiger partial charge in [0.2, 0.25) is 0 Å². The molecule has 0 spiro atoms. The zero-order chi connectivity index (χ0) is 17.4. The van der Waals surface area contributed by atoms with E-state index in [0.717, 1.165) is 31.2 Å². The molecule has 1 fully saturated rings. The number of fused-ring (bicyclic) bond motifs is 2. The standard InChI is InChI=1S/C23H24O2/c1-16-21-9-5-4-8-18(21)14-19-10-11-20(15-22(16)19)23(25-17(2)24)12-6-3-7-13-23/h4-5,8-11,14-15H,3,6-7,12-13H2,1-2H3. The molecular weight excluding hydrogens is 308 g/mol. The number of esters is 1. The Hall–Kier alpha value is -2.35. The number of rotatable bonds is 2. The van der Waals surface area contributed by atoms with Crippen molar-refractivity contribution in [3.05, 3.63) is 59.7 Å². The van der Waals surface area contributed by atoms with E-state index in [2.05, 4.69) is 55.5 Å². The van der Waals surface area contributed by atoms with Gasteiger partial charge >= 0.3 is 5.97 Å². The molecule has 0 heterocycles. The minimum absolute atomic E-state index is 0.183. The van der Waals surface area contributed by atoms with E-state index in [1.807, 2.05) is 0 Å². The van der Waals surface area contributed by atoms with Crippen molar-refractivity contribution in [1.82, 2.24) is 0 Å². The Labute approximate surface area is 148 Å². The summed E-state index contributed by atoms with van der Waals surface area (Å²) in [6.07, 6.45) is 5.29. The monoisotopic (exact) mass is 332 g/mol. The number of carbonyl (C=O) groups is 1. The molecule has 0 aromatic heterocycles. The smallest absolute Gasteiger partial charge is 0.303 e. The molecule has 0 bridgehead atoms. The topological polar surface area (TPSA) is 26.3 Å². The zero-order valence-electron chi connectivity index (χ0n) is 15.0. The first-order chi connectivity index (χ1) is 12.1. The SMILES string of the molecule is CC(=O)OC1(c2ccc3cc4ccccc4c(C)c3c2)CCCCC1. The number of ether oxygens (including phenoxy) is 1. The van der Waals surface area contributed by atoms with E-state index in [-0.39, 0.29) is 5.97 Å². The number of hydrogen-bond acceptors (Lipinski definition) is 2. The first kappa shape index (κ1) is 16.1. The van der Waals surface area contributed by atoms with Gasteiger partial charge in [-0.05, 0) is 77.4 Å². The molecule has 3 aromatic rings. The summed E-state index contributed by atoms with van der Waals surface area (Å²) in [5.41, 5.74) is 1.99. The van der Waals surface area contributed by atoms with Crippen LogP contribution in [-0.2, 0) is 15.1 Å². The maximum absolute atomic E-state index is 11.8. The Kier molecular flexibility index (Phi) is 3.99. The lowest BCUT2D eigenvalue weighted by atomic mass is 9.78. The Bertz CT molecular complexity index is 949.